The number of hydrogen-bond donors (Lipinski definition) is 1. The summed E-state index contributed by atoms with van der Waals surface area (Å²) in [4.78, 5) is 3.89. The van der Waals surface area contributed by atoms with Crippen LogP contribution < -0.4 is 16.4 Å². The van der Waals surface area contributed by atoms with E-state index in [0.717, 1.165) is 10.9 Å². The molecule has 0 saturated carbocycles. The highest BCUT2D eigenvalue weighted by atomic mass is 35.5. The molecule has 2 aromatic carbocycles. The van der Waals surface area contributed by atoms with Gasteiger partial charge in [-0.15, -0.1) is 11.6 Å². The Balaban J connectivity index is 0.000000860. The maximum atomic E-state index is 13.5. The second kappa shape index (κ2) is 10.9. The van der Waals surface area contributed by atoms with Crippen LogP contribution in [0.3, 0.4) is 0 Å². The second-order valence-electron chi connectivity index (χ2n) is 6.95. The third-order valence-corrected chi connectivity index (χ3v) is 6.69. The highest BCUT2D eigenvalue weighted by Gasteiger charge is 2.25. The van der Waals surface area contributed by atoms with Crippen molar-refractivity contribution < 1.29 is 8.42 Å². The lowest BCUT2D eigenvalue weighted by molar-refractivity contribution is 0.587. The van der Waals surface area contributed by atoms with E-state index in [1.807, 2.05) is 58.9 Å². The first-order chi connectivity index (χ1) is 15.3. The van der Waals surface area contributed by atoms with E-state index in [1.54, 1.807) is 42.6 Å². The maximum Gasteiger partial charge on any atom is 0.269 e. The van der Waals surface area contributed by atoms with Crippen LogP contribution in [0.2, 0.25) is 0 Å². The number of fused-ring (bicyclic) bond motifs is 3. The van der Waals surface area contributed by atoms with Gasteiger partial charge in [0.15, 0.2) is 5.49 Å². The number of allylic oxidation sites excluding steroid dienone is 1. The highest BCUT2D eigenvalue weighted by Crippen LogP contribution is 2.23. The molecule has 1 unspecified atom stereocenters. The summed E-state index contributed by atoms with van der Waals surface area (Å²) in [5.41, 5.74) is 7.66. The minimum atomic E-state index is -3.84. The Morgan fingerprint density at radius 2 is 1.72 bits per heavy atom. The van der Waals surface area contributed by atoms with Crippen molar-refractivity contribution in [2.75, 3.05) is 6.54 Å². The molecule has 0 saturated heterocycles. The molecule has 2 N–H and O–H groups in total. The first kappa shape index (κ1) is 25.8. The van der Waals surface area contributed by atoms with E-state index >= 15 is 0 Å². The van der Waals surface area contributed by atoms with Gasteiger partial charge >= 0.3 is 0 Å². The number of hydrogen-bond acceptors (Lipinski definition) is 4. The Morgan fingerprint density at radius 1 is 1.06 bits per heavy atom. The van der Waals surface area contributed by atoms with Crippen LogP contribution in [-0.4, -0.2) is 23.8 Å². The van der Waals surface area contributed by atoms with Crippen LogP contribution in [0.25, 0.3) is 17.0 Å². The smallest absolute Gasteiger partial charge is 0.269 e. The summed E-state index contributed by atoms with van der Waals surface area (Å²) in [6, 6.07) is 14.0. The molecule has 5 nitrogen and oxygen atoms in total. The number of rotatable bonds is 4. The molecule has 172 valence electrons. The van der Waals surface area contributed by atoms with Crippen LogP contribution in [0.5, 0.6) is 0 Å². The predicted molar refractivity (Wildman–Crippen MR) is 135 cm³/mol. The van der Waals surface area contributed by atoms with E-state index in [9.17, 15) is 8.42 Å². The standard InChI is InChI=1S/C21H20ClN3O2S.2C2H6/c1-21(22)10-12-24-20-18(14-21)17-13-15(9-11-23)7-8-19(17)25(20)28(26,27)16-5-3-2-4-6-16;2*1-2/h2-8,10,12-14H,9,11,23H2,1H3;2*1-2H3. The van der Waals surface area contributed by atoms with Crippen LogP contribution in [0.4, 0.5) is 0 Å². The van der Waals surface area contributed by atoms with E-state index in [-0.39, 0.29) is 4.90 Å². The van der Waals surface area contributed by atoms with E-state index < -0.39 is 14.9 Å². The fraction of sp³-hybridized carbons (Fsp3) is 0.320. The Bertz CT molecular complexity index is 1310. The molecule has 1 aliphatic rings. The monoisotopic (exact) mass is 473 g/mol. The van der Waals surface area contributed by atoms with Crippen molar-refractivity contribution in [3.63, 3.8) is 0 Å². The molecule has 0 amide bonds. The molecule has 0 bridgehead atoms. The van der Waals surface area contributed by atoms with Crippen LogP contribution >= 0.6 is 11.6 Å². The summed E-state index contributed by atoms with van der Waals surface area (Å²) >= 11 is 6.57. The van der Waals surface area contributed by atoms with Crippen LogP contribution in [0, 0.1) is 0 Å². The van der Waals surface area contributed by atoms with Gasteiger partial charge in [0.25, 0.3) is 10.0 Å². The molecule has 1 aromatic heterocycles. The van der Waals surface area contributed by atoms with Crippen LogP contribution in [0.15, 0.2) is 70.7 Å². The molecule has 7 heteroatoms. The molecule has 32 heavy (non-hydrogen) atoms. The van der Waals surface area contributed by atoms with Gasteiger partial charge in [-0.2, -0.15) is 0 Å². The lowest BCUT2D eigenvalue weighted by Crippen LogP contribution is -2.34. The summed E-state index contributed by atoms with van der Waals surface area (Å²) < 4.78 is 28.3. The average Bonchev–Trinajstić information content (AvgIpc) is 3.00. The second-order valence-corrected chi connectivity index (χ2v) is 9.55. The molecule has 4 rings (SSSR count). The Hall–Kier alpha value is -2.41. The topological polar surface area (TPSA) is 77.4 Å². The lowest BCUT2D eigenvalue weighted by atomic mass is 10.1. The Kier molecular flexibility index (Phi) is 8.84. The molecule has 0 radical (unpaired) electrons. The normalized spacial score (nSPS) is 17.0. The first-order valence-corrected chi connectivity index (χ1v) is 12.8. The first-order valence-electron chi connectivity index (χ1n) is 10.9. The van der Waals surface area contributed by atoms with E-state index in [0.29, 0.717) is 29.2 Å². The maximum absolute atomic E-state index is 13.5. The third kappa shape index (κ3) is 5.14. The van der Waals surface area contributed by atoms with Gasteiger partial charge in [0, 0.05) is 16.8 Å². The SMILES string of the molecule is CC.CC.CC1(Cl)C=CN=c2c(c3cc(CCN)ccc3n2S(=O)(=O)c2ccccc2)=C1. The van der Waals surface area contributed by atoms with Gasteiger partial charge in [-0.25, -0.2) is 17.4 Å². The lowest BCUT2D eigenvalue weighted by Gasteiger charge is -2.09. The molecular formula is C25H32ClN3O2S. The minimum absolute atomic E-state index is 0.206. The Labute approximate surface area is 196 Å². The summed E-state index contributed by atoms with van der Waals surface area (Å²) in [6.45, 7) is 10.4. The summed E-state index contributed by atoms with van der Waals surface area (Å²) in [7, 11) is -3.84. The van der Waals surface area contributed by atoms with Gasteiger partial charge in [-0.1, -0.05) is 52.0 Å². The number of benzene rings is 2. The van der Waals surface area contributed by atoms with Crippen molar-refractivity contribution in [1.29, 1.82) is 0 Å². The molecule has 1 aliphatic heterocycles. The van der Waals surface area contributed by atoms with Gasteiger partial charge in [0.2, 0.25) is 0 Å². The van der Waals surface area contributed by atoms with Gasteiger partial charge in [0.05, 0.1) is 15.3 Å². The molecule has 0 fully saturated rings. The molecule has 0 aliphatic carbocycles. The van der Waals surface area contributed by atoms with E-state index in [2.05, 4.69) is 4.99 Å². The molecule has 3 aromatic rings. The van der Waals surface area contributed by atoms with Crippen molar-refractivity contribution in [1.82, 2.24) is 3.97 Å². The van der Waals surface area contributed by atoms with Crippen molar-refractivity contribution in [3.8, 4) is 0 Å². The fourth-order valence-corrected chi connectivity index (χ4v) is 5.10. The number of halogens is 1. The number of alkyl halides is 1. The van der Waals surface area contributed by atoms with Crippen molar-refractivity contribution in [2.45, 2.75) is 50.8 Å². The van der Waals surface area contributed by atoms with Gasteiger partial charge in [0.1, 0.15) is 0 Å². The van der Waals surface area contributed by atoms with Crippen molar-refractivity contribution >= 4 is 38.6 Å². The van der Waals surface area contributed by atoms with Crippen molar-refractivity contribution in [2.24, 2.45) is 10.7 Å². The zero-order valence-corrected chi connectivity index (χ0v) is 20.9. The molecule has 2 heterocycles. The van der Waals surface area contributed by atoms with Gasteiger partial charge in [-0.3, -0.25) is 0 Å². The highest BCUT2D eigenvalue weighted by molar-refractivity contribution is 7.90. The van der Waals surface area contributed by atoms with Crippen LogP contribution in [0.1, 0.15) is 40.2 Å². The molecule has 1 atom stereocenters. The van der Waals surface area contributed by atoms with Gasteiger partial charge in [-0.05, 0) is 61.9 Å². The number of aromatic nitrogens is 1. The zero-order chi connectivity index (χ0) is 23.9. The van der Waals surface area contributed by atoms with Gasteiger partial charge < -0.3 is 5.73 Å². The summed E-state index contributed by atoms with van der Waals surface area (Å²) in [6.07, 6.45) is 5.85. The number of nitrogens with two attached hydrogens (primary N) is 1. The predicted octanol–water partition coefficient (Wildman–Crippen LogP) is 4.36. The molecular weight excluding hydrogens is 442 g/mol. The number of nitrogens with zero attached hydrogens (tertiary/aromatic N) is 2. The summed E-state index contributed by atoms with van der Waals surface area (Å²) in [5, 5.41) is 1.50. The zero-order valence-electron chi connectivity index (χ0n) is 19.3. The third-order valence-electron chi connectivity index (χ3n) is 4.74. The largest absolute Gasteiger partial charge is 0.330 e. The van der Waals surface area contributed by atoms with Crippen LogP contribution in [-0.2, 0) is 16.4 Å². The summed E-state index contributed by atoms with van der Waals surface area (Å²) in [5.74, 6) is 0. The minimum Gasteiger partial charge on any atom is -0.330 e. The van der Waals surface area contributed by atoms with Crippen molar-refractivity contribution in [3.05, 3.63) is 77.1 Å². The van der Waals surface area contributed by atoms with E-state index in [1.165, 1.54) is 3.97 Å². The molecule has 0 spiro atoms. The Morgan fingerprint density at radius 3 is 2.34 bits per heavy atom. The fourth-order valence-electron chi connectivity index (χ4n) is 3.43. The van der Waals surface area contributed by atoms with E-state index in [4.69, 9.17) is 17.3 Å². The quantitative estimate of drug-likeness (QED) is 0.572. The average molecular weight is 474 g/mol.